The highest BCUT2D eigenvalue weighted by Gasteiger charge is 2.28. The predicted octanol–water partition coefficient (Wildman–Crippen LogP) is 7.84. The Morgan fingerprint density at radius 2 is 1.03 bits per heavy atom. The molecule has 0 aliphatic heterocycles. The molecule has 176 valence electrons. The fourth-order valence-electron chi connectivity index (χ4n) is 4.95. The Morgan fingerprint density at radius 3 is 1.60 bits per heavy atom. The van der Waals surface area contributed by atoms with Crippen LogP contribution >= 0.6 is 8.58 Å². The van der Waals surface area contributed by atoms with Crippen LogP contribution in [-0.4, -0.2) is 14.2 Å². The first-order valence-corrected chi connectivity index (χ1v) is 12.9. The average molecular weight is 479 g/mol. The van der Waals surface area contributed by atoms with Gasteiger partial charge in [0, 0.05) is 10.9 Å². The lowest BCUT2D eigenvalue weighted by molar-refractivity contribution is 0.413. The number of ether oxygens (including phenoxy) is 2. The number of rotatable bonds is 5. The second-order valence-corrected chi connectivity index (χ2v) is 10.7. The summed E-state index contributed by atoms with van der Waals surface area (Å²) in [6, 6.07) is 26.6. The molecule has 0 radical (unpaired) electrons. The van der Waals surface area contributed by atoms with Crippen LogP contribution in [0.15, 0.2) is 72.8 Å². The normalized spacial score (nSPS) is 12.1. The van der Waals surface area contributed by atoms with Crippen LogP contribution in [0.1, 0.15) is 38.9 Å². The molecule has 0 fully saturated rings. The van der Waals surface area contributed by atoms with Crippen LogP contribution in [0, 0.1) is 27.7 Å². The van der Waals surface area contributed by atoms with Gasteiger partial charge in [0.2, 0.25) is 0 Å². The number of aryl methyl sites for hydroxylation is 4. The minimum absolute atomic E-state index is 0.398. The Hall–Kier alpha value is -3.35. The van der Waals surface area contributed by atoms with Gasteiger partial charge in [-0.1, -0.05) is 79.4 Å². The monoisotopic (exact) mass is 478 g/mol. The van der Waals surface area contributed by atoms with Crippen LogP contribution in [-0.2, 0) is 0 Å². The second kappa shape index (κ2) is 9.36. The Kier molecular flexibility index (Phi) is 6.26. The van der Waals surface area contributed by atoms with Gasteiger partial charge in [0.25, 0.3) is 0 Å². The van der Waals surface area contributed by atoms with Crippen LogP contribution in [0.25, 0.3) is 22.0 Å². The fraction of sp³-hybridized carbons (Fsp3) is 0.188. The van der Waals surface area contributed by atoms with E-state index in [4.69, 9.17) is 9.47 Å². The van der Waals surface area contributed by atoms with Crippen molar-refractivity contribution in [3.63, 3.8) is 0 Å². The van der Waals surface area contributed by atoms with Crippen molar-refractivity contribution in [2.45, 2.75) is 27.7 Å². The van der Waals surface area contributed by atoms with E-state index in [2.05, 4.69) is 100 Å². The smallest absolute Gasteiger partial charge is 0.126 e. The molecule has 5 rings (SSSR count). The van der Waals surface area contributed by atoms with E-state index in [1.165, 1.54) is 60.7 Å². The second-order valence-electron chi connectivity index (χ2n) is 9.38. The number of methoxy groups -OCH3 is 2. The van der Waals surface area contributed by atoms with E-state index in [9.17, 15) is 0 Å². The summed E-state index contributed by atoms with van der Waals surface area (Å²) in [5.41, 5.74) is 12.6. The van der Waals surface area contributed by atoms with Crippen molar-refractivity contribution in [3.8, 4) is 22.6 Å². The third-order valence-electron chi connectivity index (χ3n) is 6.67. The number of fused-ring (bicyclic) bond motifs is 3. The summed E-state index contributed by atoms with van der Waals surface area (Å²) in [4.78, 5) is 0. The zero-order valence-corrected chi connectivity index (χ0v) is 22.2. The minimum atomic E-state index is 0.398. The molecule has 0 bridgehead atoms. The van der Waals surface area contributed by atoms with Gasteiger partial charge >= 0.3 is 0 Å². The molecule has 0 saturated heterocycles. The van der Waals surface area contributed by atoms with E-state index < -0.39 is 0 Å². The van der Waals surface area contributed by atoms with Crippen LogP contribution in [0.2, 0.25) is 0 Å². The molecule has 1 aliphatic carbocycles. The van der Waals surface area contributed by atoms with Crippen LogP contribution in [0.4, 0.5) is 0 Å². The lowest BCUT2D eigenvalue weighted by Crippen LogP contribution is -2.04. The van der Waals surface area contributed by atoms with Crippen molar-refractivity contribution in [1.82, 2.24) is 0 Å². The molecule has 4 aromatic rings. The summed E-state index contributed by atoms with van der Waals surface area (Å²) >= 11 is 0. The minimum Gasteiger partial charge on any atom is -0.496 e. The van der Waals surface area contributed by atoms with Crippen LogP contribution in [0.3, 0.4) is 0 Å². The standard InChI is InChI=1S/C32H31O2P/c1-19-7-11-23-25(15-19)26-16-20(2)8-12-24(26)31(23)32(27-17-21(3)9-13-28(27)33-5)35-30-18-22(4)10-14-29(30)34-6/h7-18,35H,1-6H3. The highest BCUT2D eigenvalue weighted by molar-refractivity contribution is 7.59. The highest BCUT2D eigenvalue weighted by Crippen LogP contribution is 2.53. The lowest BCUT2D eigenvalue weighted by Gasteiger charge is -2.19. The quantitative estimate of drug-likeness (QED) is 0.240. The molecule has 1 aliphatic rings. The zero-order chi connectivity index (χ0) is 24.7. The Labute approximate surface area is 210 Å². The van der Waals surface area contributed by atoms with E-state index in [0.717, 1.165) is 17.1 Å². The molecule has 0 aromatic heterocycles. The fourth-order valence-corrected chi connectivity index (χ4v) is 6.55. The molecule has 1 atom stereocenters. The molecule has 0 heterocycles. The van der Waals surface area contributed by atoms with E-state index >= 15 is 0 Å². The average Bonchev–Trinajstić information content (AvgIpc) is 3.15. The topological polar surface area (TPSA) is 18.5 Å². The maximum Gasteiger partial charge on any atom is 0.126 e. The Bertz CT molecular complexity index is 1430. The van der Waals surface area contributed by atoms with Crippen molar-refractivity contribution in [1.29, 1.82) is 0 Å². The molecule has 2 nitrogen and oxygen atoms in total. The first-order valence-electron chi connectivity index (χ1n) is 11.9. The predicted molar refractivity (Wildman–Crippen MR) is 151 cm³/mol. The number of hydrogen-bond acceptors (Lipinski definition) is 2. The van der Waals surface area contributed by atoms with Crippen molar-refractivity contribution in [3.05, 3.63) is 112 Å². The molecular formula is C32H31O2P. The third-order valence-corrected chi connectivity index (χ3v) is 8.10. The summed E-state index contributed by atoms with van der Waals surface area (Å²) < 4.78 is 11.7. The molecule has 3 heteroatoms. The van der Waals surface area contributed by atoms with E-state index in [-0.39, 0.29) is 0 Å². The number of hydrogen-bond donors (Lipinski definition) is 0. The first-order chi connectivity index (χ1) is 16.9. The van der Waals surface area contributed by atoms with Gasteiger partial charge in [0.1, 0.15) is 11.5 Å². The summed E-state index contributed by atoms with van der Waals surface area (Å²) in [7, 11) is 3.91. The summed E-state index contributed by atoms with van der Waals surface area (Å²) in [6.45, 7) is 8.62. The lowest BCUT2D eigenvalue weighted by atomic mass is 9.98. The molecule has 4 aromatic carbocycles. The van der Waals surface area contributed by atoms with Gasteiger partial charge in [-0.25, -0.2) is 0 Å². The summed E-state index contributed by atoms with van der Waals surface area (Å²) in [5, 5.41) is 2.48. The molecule has 0 amide bonds. The largest absolute Gasteiger partial charge is 0.496 e. The van der Waals surface area contributed by atoms with E-state index in [1.807, 2.05) is 0 Å². The number of benzene rings is 4. The summed E-state index contributed by atoms with van der Waals surface area (Å²) in [5.74, 6) is 1.82. The van der Waals surface area contributed by atoms with Crippen molar-refractivity contribution >= 4 is 24.8 Å². The van der Waals surface area contributed by atoms with Gasteiger partial charge < -0.3 is 9.47 Å². The van der Waals surface area contributed by atoms with Crippen molar-refractivity contribution in [2.75, 3.05) is 14.2 Å². The Morgan fingerprint density at radius 1 is 0.543 bits per heavy atom. The van der Waals surface area contributed by atoms with Crippen molar-refractivity contribution in [2.24, 2.45) is 0 Å². The molecule has 0 spiro atoms. The molecule has 35 heavy (non-hydrogen) atoms. The van der Waals surface area contributed by atoms with E-state index in [0.29, 0.717) is 8.58 Å². The van der Waals surface area contributed by atoms with Gasteiger partial charge in [0.05, 0.1) is 14.2 Å². The highest BCUT2D eigenvalue weighted by atomic mass is 31.1. The van der Waals surface area contributed by atoms with Gasteiger partial charge in [-0.2, -0.15) is 0 Å². The zero-order valence-electron chi connectivity index (χ0n) is 21.2. The maximum atomic E-state index is 5.91. The molecule has 0 saturated carbocycles. The summed E-state index contributed by atoms with van der Waals surface area (Å²) in [6.07, 6.45) is 0. The van der Waals surface area contributed by atoms with Crippen LogP contribution < -0.4 is 14.8 Å². The third kappa shape index (κ3) is 4.28. The van der Waals surface area contributed by atoms with Crippen LogP contribution in [0.5, 0.6) is 11.5 Å². The van der Waals surface area contributed by atoms with Gasteiger partial charge in [-0.05, 0) is 85.1 Å². The van der Waals surface area contributed by atoms with E-state index in [1.54, 1.807) is 14.2 Å². The van der Waals surface area contributed by atoms with Gasteiger partial charge in [0.15, 0.2) is 0 Å². The molecule has 1 unspecified atom stereocenters. The molecular weight excluding hydrogens is 447 g/mol. The molecule has 0 N–H and O–H groups in total. The first kappa shape index (κ1) is 23.4. The SMILES string of the molecule is COc1ccc(C)cc1PC(=C1c2ccc(C)cc2-c2cc(C)ccc21)c1cc(C)ccc1OC. The van der Waals surface area contributed by atoms with Crippen molar-refractivity contribution < 1.29 is 9.47 Å². The Balaban J connectivity index is 1.88. The maximum absolute atomic E-state index is 5.91. The van der Waals surface area contributed by atoms with Gasteiger partial charge in [-0.3, -0.25) is 0 Å². The van der Waals surface area contributed by atoms with Gasteiger partial charge in [-0.15, -0.1) is 0 Å².